The van der Waals surface area contributed by atoms with Gasteiger partial charge in [0.05, 0.1) is 22.9 Å². The Hall–Kier alpha value is -2.01. The van der Waals surface area contributed by atoms with Gasteiger partial charge in [-0.2, -0.15) is 5.10 Å². The lowest BCUT2D eigenvalue weighted by Gasteiger charge is -2.29. The first kappa shape index (κ1) is 16.8. The van der Waals surface area contributed by atoms with Crippen molar-refractivity contribution in [2.24, 2.45) is 0 Å². The van der Waals surface area contributed by atoms with Gasteiger partial charge in [-0.1, -0.05) is 23.7 Å². The lowest BCUT2D eigenvalue weighted by molar-refractivity contribution is 0.0223. The molecule has 2 aromatic rings. The Bertz CT molecular complexity index is 777. The van der Waals surface area contributed by atoms with E-state index < -0.39 is 5.60 Å². The summed E-state index contributed by atoms with van der Waals surface area (Å²) in [7, 11) is 0. The number of carbonyl (C=O) groups excluding carboxylic acids is 1. The van der Waals surface area contributed by atoms with Crippen molar-refractivity contribution >= 4 is 17.7 Å². The first-order chi connectivity index (χ1) is 11.3. The van der Waals surface area contributed by atoms with Crippen molar-refractivity contribution in [2.45, 2.75) is 46.3 Å². The molecule has 1 aliphatic rings. The molecular formula is C18H22ClN3O2. The minimum Gasteiger partial charge on any atom is -0.444 e. The number of carbonyl (C=O) groups is 1. The van der Waals surface area contributed by atoms with Gasteiger partial charge in [0.15, 0.2) is 0 Å². The number of para-hydroxylation sites is 1. The molecular weight excluding hydrogens is 326 g/mol. The molecule has 128 valence electrons. The highest BCUT2D eigenvalue weighted by Gasteiger charge is 2.29. The van der Waals surface area contributed by atoms with Gasteiger partial charge in [0.1, 0.15) is 5.60 Å². The molecule has 5 nitrogen and oxygen atoms in total. The van der Waals surface area contributed by atoms with Gasteiger partial charge in [-0.25, -0.2) is 9.48 Å². The molecule has 1 aliphatic heterocycles. The summed E-state index contributed by atoms with van der Waals surface area (Å²) in [6.07, 6.45) is 0.436. The predicted molar refractivity (Wildman–Crippen MR) is 93.7 cm³/mol. The highest BCUT2D eigenvalue weighted by Crippen LogP contribution is 2.28. The van der Waals surface area contributed by atoms with Crippen molar-refractivity contribution in [1.29, 1.82) is 0 Å². The number of amides is 1. The van der Waals surface area contributed by atoms with Crippen LogP contribution in [0.1, 0.15) is 37.7 Å². The second-order valence-electron chi connectivity index (χ2n) is 7.03. The monoisotopic (exact) mass is 347 g/mol. The summed E-state index contributed by atoms with van der Waals surface area (Å²) < 4.78 is 7.35. The third kappa shape index (κ3) is 3.26. The van der Waals surface area contributed by atoms with Gasteiger partial charge in [-0.05, 0) is 39.8 Å². The van der Waals surface area contributed by atoms with E-state index in [1.165, 1.54) is 0 Å². The maximum Gasteiger partial charge on any atom is 0.410 e. The van der Waals surface area contributed by atoms with E-state index in [0.29, 0.717) is 24.5 Å². The maximum atomic E-state index is 12.3. The van der Waals surface area contributed by atoms with Crippen LogP contribution in [-0.2, 0) is 17.7 Å². The van der Waals surface area contributed by atoms with Gasteiger partial charge in [-0.3, -0.25) is 0 Å². The lowest BCUT2D eigenvalue weighted by Crippen LogP contribution is -2.39. The Balaban J connectivity index is 1.88. The SMILES string of the molecule is Cc1c2c(nn1-c1ccccc1Cl)CCN(C(=O)OC(C)(C)C)C2. The van der Waals surface area contributed by atoms with Crippen molar-refractivity contribution < 1.29 is 9.53 Å². The maximum absolute atomic E-state index is 12.3. The van der Waals surface area contributed by atoms with E-state index in [4.69, 9.17) is 21.4 Å². The van der Waals surface area contributed by atoms with Crippen LogP contribution in [0.3, 0.4) is 0 Å². The fourth-order valence-electron chi connectivity index (χ4n) is 2.85. The van der Waals surface area contributed by atoms with E-state index in [1.807, 2.05) is 56.6 Å². The summed E-state index contributed by atoms with van der Waals surface area (Å²) in [5, 5.41) is 5.36. The quantitative estimate of drug-likeness (QED) is 0.779. The molecule has 24 heavy (non-hydrogen) atoms. The van der Waals surface area contributed by atoms with Gasteiger partial charge in [0.25, 0.3) is 0 Å². The first-order valence-corrected chi connectivity index (χ1v) is 8.44. The second-order valence-corrected chi connectivity index (χ2v) is 7.43. The second kappa shape index (κ2) is 6.13. The van der Waals surface area contributed by atoms with Crippen molar-refractivity contribution in [2.75, 3.05) is 6.54 Å². The Morgan fingerprint density at radius 1 is 1.29 bits per heavy atom. The number of fused-ring (bicyclic) bond motifs is 1. The average Bonchev–Trinajstić information content (AvgIpc) is 2.82. The molecule has 0 unspecified atom stereocenters. The minimum absolute atomic E-state index is 0.280. The van der Waals surface area contributed by atoms with Crippen molar-refractivity contribution in [3.05, 3.63) is 46.2 Å². The van der Waals surface area contributed by atoms with Gasteiger partial charge in [-0.15, -0.1) is 0 Å². The number of rotatable bonds is 1. The third-order valence-corrected chi connectivity index (χ3v) is 4.34. The average molecular weight is 348 g/mol. The Morgan fingerprint density at radius 2 is 2.00 bits per heavy atom. The van der Waals surface area contributed by atoms with Crippen molar-refractivity contribution in [1.82, 2.24) is 14.7 Å². The zero-order valence-corrected chi connectivity index (χ0v) is 15.2. The molecule has 0 spiro atoms. The molecule has 2 heterocycles. The van der Waals surface area contributed by atoms with Gasteiger partial charge >= 0.3 is 6.09 Å². The summed E-state index contributed by atoms with van der Waals surface area (Å²) in [6, 6.07) is 7.63. The Labute approximate surface area is 147 Å². The third-order valence-electron chi connectivity index (χ3n) is 4.02. The molecule has 1 aromatic carbocycles. The molecule has 0 saturated heterocycles. The molecule has 0 N–H and O–H groups in total. The summed E-state index contributed by atoms with van der Waals surface area (Å²) in [6.45, 7) is 8.76. The molecule has 1 aromatic heterocycles. The number of hydrogen-bond donors (Lipinski definition) is 0. The minimum atomic E-state index is -0.492. The number of aromatic nitrogens is 2. The van der Waals surface area contributed by atoms with Crippen LogP contribution in [0.5, 0.6) is 0 Å². The van der Waals surface area contributed by atoms with E-state index >= 15 is 0 Å². The number of halogens is 1. The van der Waals surface area contributed by atoms with Crippen LogP contribution in [0.15, 0.2) is 24.3 Å². The molecule has 6 heteroatoms. The molecule has 0 atom stereocenters. The molecule has 0 aliphatic carbocycles. The van der Waals surface area contributed by atoms with Crippen LogP contribution in [0.25, 0.3) is 5.69 Å². The largest absolute Gasteiger partial charge is 0.444 e. The Morgan fingerprint density at radius 3 is 2.67 bits per heavy atom. The standard InChI is InChI=1S/C18H22ClN3O2/c1-12-13-11-21(17(23)24-18(2,3)4)10-9-15(13)20-22(12)16-8-6-5-7-14(16)19/h5-8H,9-11H2,1-4H3. The van der Waals surface area contributed by atoms with Crippen LogP contribution >= 0.6 is 11.6 Å². The molecule has 0 saturated carbocycles. The van der Waals surface area contributed by atoms with Gasteiger partial charge in [0, 0.05) is 24.2 Å². The fourth-order valence-corrected chi connectivity index (χ4v) is 3.07. The number of benzene rings is 1. The van der Waals surface area contributed by atoms with Crippen molar-refractivity contribution in [3.8, 4) is 5.69 Å². The van der Waals surface area contributed by atoms with E-state index in [-0.39, 0.29) is 6.09 Å². The van der Waals surface area contributed by atoms with Gasteiger partial charge < -0.3 is 9.64 Å². The van der Waals surface area contributed by atoms with Crippen LogP contribution in [0.4, 0.5) is 4.79 Å². The highest BCUT2D eigenvalue weighted by atomic mass is 35.5. The molecule has 0 fully saturated rings. The summed E-state index contributed by atoms with van der Waals surface area (Å²) in [5.74, 6) is 0. The summed E-state index contributed by atoms with van der Waals surface area (Å²) in [4.78, 5) is 14.1. The van der Waals surface area contributed by atoms with Crippen molar-refractivity contribution in [3.63, 3.8) is 0 Å². The smallest absolute Gasteiger partial charge is 0.410 e. The molecule has 1 amide bonds. The topological polar surface area (TPSA) is 47.4 Å². The van der Waals surface area contributed by atoms with Gasteiger partial charge in [0.2, 0.25) is 0 Å². The van der Waals surface area contributed by atoms with Crippen LogP contribution in [0.2, 0.25) is 5.02 Å². The van der Waals surface area contributed by atoms with Crippen LogP contribution in [0, 0.1) is 6.92 Å². The first-order valence-electron chi connectivity index (χ1n) is 8.06. The van der Waals surface area contributed by atoms with E-state index in [1.54, 1.807) is 4.90 Å². The number of nitrogens with zero attached hydrogens (tertiary/aromatic N) is 3. The highest BCUT2D eigenvalue weighted by molar-refractivity contribution is 6.32. The normalized spacial score (nSPS) is 14.5. The Kier molecular flexibility index (Phi) is 4.30. The predicted octanol–water partition coefficient (Wildman–Crippen LogP) is 4.13. The number of hydrogen-bond acceptors (Lipinski definition) is 3. The molecule has 0 radical (unpaired) electrons. The van der Waals surface area contributed by atoms with Crippen LogP contribution in [-0.4, -0.2) is 32.9 Å². The number of ether oxygens (including phenoxy) is 1. The van der Waals surface area contributed by atoms with E-state index in [9.17, 15) is 4.79 Å². The lowest BCUT2D eigenvalue weighted by atomic mass is 10.1. The van der Waals surface area contributed by atoms with E-state index in [0.717, 1.165) is 22.6 Å². The molecule has 0 bridgehead atoms. The van der Waals surface area contributed by atoms with E-state index in [2.05, 4.69) is 0 Å². The zero-order valence-electron chi connectivity index (χ0n) is 14.5. The summed E-state index contributed by atoms with van der Waals surface area (Å²) >= 11 is 6.30. The zero-order chi connectivity index (χ0) is 17.5. The van der Waals surface area contributed by atoms with Crippen LogP contribution < -0.4 is 0 Å². The summed E-state index contributed by atoms with van der Waals surface area (Å²) in [5.41, 5.74) is 3.47. The molecule has 3 rings (SSSR count). The fraction of sp³-hybridized carbons (Fsp3) is 0.444.